The van der Waals surface area contributed by atoms with Crippen molar-refractivity contribution in [3.05, 3.63) is 29.0 Å². The molecule has 1 aromatic carbocycles. The Hall–Kier alpha value is -1.39. The van der Waals surface area contributed by atoms with Crippen molar-refractivity contribution in [3.8, 4) is 0 Å². The van der Waals surface area contributed by atoms with Crippen LogP contribution in [-0.4, -0.2) is 23.2 Å². The maximum absolute atomic E-state index is 5.94. The van der Waals surface area contributed by atoms with Gasteiger partial charge in [0.05, 0.1) is 12.1 Å². The summed E-state index contributed by atoms with van der Waals surface area (Å²) in [5.41, 5.74) is 6.78. The lowest BCUT2D eigenvalue weighted by molar-refractivity contribution is 0.193. The Morgan fingerprint density at radius 1 is 1.35 bits per heavy atom. The lowest BCUT2D eigenvalue weighted by atomic mass is 10.1. The summed E-state index contributed by atoms with van der Waals surface area (Å²) in [5, 5.41) is 1.45. The van der Waals surface area contributed by atoms with Gasteiger partial charge in [-0.1, -0.05) is 11.6 Å². The van der Waals surface area contributed by atoms with Crippen LogP contribution in [0.2, 0.25) is 5.02 Å². The highest BCUT2D eigenvalue weighted by atomic mass is 35.5. The zero-order chi connectivity index (χ0) is 11.8. The molecule has 1 aliphatic heterocycles. The van der Waals surface area contributed by atoms with Crippen LogP contribution in [0.5, 0.6) is 0 Å². The average molecular weight is 250 g/mol. The van der Waals surface area contributed by atoms with E-state index in [1.54, 1.807) is 6.07 Å². The zero-order valence-electron chi connectivity index (χ0n) is 9.19. The Balaban J connectivity index is 2.13. The number of aromatic nitrogens is 2. The quantitative estimate of drug-likeness (QED) is 0.843. The predicted molar refractivity (Wildman–Crippen MR) is 67.1 cm³/mol. The summed E-state index contributed by atoms with van der Waals surface area (Å²) in [4.78, 5) is 8.88. The van der Waals surface area contributed by atoms with Gasteiger partial charge in [-0.3, -0.25) is 0 Å². The third-order valence-electron chi connectivity index (χ3n) is 3.00. The minimum atomic E-state index is 0.261. The van der Waals surface area contributed by atoms with E-state index in [1.807, 2.05) is 12.1 Å². The lowest BCUT2D eigenvalue weighted by Crippen LogP contribution is -2.07. The molecule has 0 spiro atoms. The second-order valence-corrected chi connectivity index (χ2v) is 4.63. The number of nitrogens with zero attached hydrogens (tertiary/aromatic N) is 2. The van der Waals surface area contributed by atoms with Crippen molar-refractivity contribution in [3.63, 3.8) is 0 Å². The van der Waals surface area contributed by atoms with E-state index >= 15 is 0 Å². The molecule has 2 aromatic rings. The first-order valence-electron chi connectivity index (χ1n) is 5.54. The normalized spacial score (nSPS) is 19.9. The number of hydrogen-bond acceptors (Lipinski definition) is 4. The van der Waals surface area contributed by atoms with Crippen LogP contribution in [0.4, 0.5) is 5.82 Å². The van der Waals surface area contributed by atoms with Crippen LogP contribution in [0.15, 0.2) is 18.2 Å². The predicted octanol–water partition coefficient (Wildman–Crippen LogP) is 2.37. The molecule has 0 radical (unpaired) electrons. The first-order chi connectivity index (χ1) is 8.24. The third kappa shape index (κ3) is 1.94. The Kier molecular flexibility index (Phi) is 2.61. The summed E-state index contributed by atoms with van der Waals surface area (Å²) in [5.74, 6) is 1.52. The van der Waals surface area contributed by atoms with Crippen molar-refractivity contribution in [2.75, 3.05) is 18.9 Å². The van der Waals surface area contributed by atoms with Gasteiger partial charge in [0.15, 0.2) is 0 Å². The first kappa shape index (κ1) is 10.7. The molecule has 17 heavy (non-hydrogen) atoms. The van der Waals surface area contributed by atoms with Crippen molar-refractivity contribution >= 4 is 28.3 Å². The number of rotatable bonds is 1. The molecule has 1 saturated heterocycles. The van der Waals surface area contributed by atoms with Gasteiger partial charge in [-0.05, 0) is 24.6 Å². The maximum atomic E-state index is 5.94. The smallest absolute Gasteiger partial charge is 0.136 e. The number of benzene rings is 1. The minimum absolute atomic E-state index is 0.261. The Morgan fingerprint density at radius 3 is 3.00 bits per heavy atom. The molecule has 4 nitrogen and oxygen atoms in total. The molecule has 0 bridgehead atoms. The van der Waals surface area contributed by atoms with E-state index < -0.39 is 0 Å². The van der Waals surface area contributed by atoms with Crippen LogP contribution < -0.4 is 5.73 Å². The molecule has 0 saturated carbocycles. The van der Waals surface area contributed by atoms with E-state index in [0.29, 0.717) is 17.4 Å². The van der Waals surface area contributed by atoms with Crippen LogP contribution in [-0.2, 0) is 4.74 Å². The molecular weight excluding hydrogens is 238 g/mol. The largest absolute Gasteiger partial charge is 0.383 e. The molecule has 3 rings (SSSR count). The van der Waals surface area contributed by atoms with Crippen LogP contribution in [0, 0.1) is 0 Å². The van der Waals surface area contributed by atoms with Gasteiger partial charge < -0.3 is 10.5 Å². The maximum Gasteiger partial charge on any atom is 0.136 e. The summed E-state index contributed by atoms with van der Waals surface area (Å²) in [6.07, 6.45) is 0.957. The number of ether oxygens (including phenoxy) is 1. The van der Waals surface area contributed by atoms with Crippen molar-refractivity contribution in [1.29, 1.82) is 0 Å². The fraction of sp³-hybridized carbons (Fsp3) is 0.333. The summed E-state index contributed by atoms with van der Waals surface area (Å²) in [7, 11) is 0. The summed E-state index contributed by atoms with van der Waals surface area (Å²) < 4.78 is 5.34. The molecule has 1 unspecified atom stereocenters. The standard InChI is InChI=1S/C12H12ClN3O/c13-8-1-2-10-9(5-8)11(14)16-12(15-10)7-3-4-17-6-7/h1-2,5,7H,3-4,6H2,(H2,14,15,16). The van der Waals surface area contributed by atoms with E-state index in [4.69, 9.17) is 22.1 Å². The van der Waals surface area contributed by atoms with Gasteiger partial charge >= 0.3 is 0 Å². The lowest BCUT2D eigenvalue weighted by Gasteiger charge is -2.09. The number of halogens is 1. The second-order valence-electron chi connectivity index (χ2n) is 4.19. The minimum Gasteiger partial charge on any atom is -0.383 e. The van der Waals surface area contributed by atoms with Crippen LogP contribution in [0.1, 0.15) is 18.2 Å². The van der Waals surface area contributed by atoms with Crippen LogP contribution >= 0.6 is 11.6 Å². The van der Waals surface area contributed by atoms with E-state index in [9.17, 15) is 0 Å². The highest BCUT2D eigenvalue weighted by molar-refractivity contribution is 6.31. The molecular formula is C12H12ClN3O. The number of nitrogens with two attached hydrogens (primary N) is 1. The Labute approximate surface area is 104 Å². The Morgan fingerprint density at radius 2 is 2.24 bits per heavy atom. The monoisotopic (exact) mass is 249 g/mol. The van der Waals surface area contributed by atoms with Crippen LogP contribution in [0.25, 0.3) is 10.9 Å². The second kappa shape index (κ2) is 4.13. The average Bonchev–Trinajstić information content (AvgIpc) is 2.83. The number of hydrogen-bond donors (Lipinski definition) is 1. The topological polar surface area (TPSA) is 61.0 Å². The molecule has 1 atom stereocenters. The van der Waals surface area contributed by atoms with Gasteiger partial charge in [0.1, 0.15) is 11.6 Å². The van der Waals surface area contributed by atoms with Crippen molar-refractivity contribution < 1.29 is 4.74 Å². The summed E-state index contributed by atoms with van der Waals surface area (Å²) >= 11 is 5.93. The molecule has 88 valence electrons. The van der Waals surface area contributed by atoms with Gasteiger partial charge in [0.25, 0.3) is 0 Å². The van der Waals surface area contributed by atoms with E-state index in [1.165, 1.54) is 0 Å². The third-order valence-corrected chi connectivity index (χ3v) is 3.23. The van der Waals surface area contributed by atoms with Gasteiger partial charge in [0, 0.05) is 22.9 Å². The van der Waals surface area contributed by atoms with E-state index in [-0.39, 0.29) is 5.92 Å². The molecule has 0 aliphatic carbocycles. The number of anilines is 1. The fourth-order valence-electron chi connectivity index (χ4n) is 2.06. The van der Waals surface area contributed by atoms with E-state index in [0.717, 1.165) is 29.8 Å². The summed E-state index contributed by atoms with van der Waals surface area (Å²) in [6, 6.07) is 5.47. The molecule has 2 heterocycles. The number of nitrogen functional groups attached to an aromatic ring is 1. The molecule has 1 fully saturated rings. The van der Waals surface area contributed by atoms with E-state index in [2.05, 4.69) is 9.97 Å². The molecule has 2 N–H and O–H groups in total. The highest BCUT2D eigenvalue weighted by Crippen LogP contribution is 2.27. The van der Waals surface area contributed by atoms with Gasteiger partial charge in [-0.2, -0.15) is 0 Å². The van der Waals surface area contributed by atoms with Gasteiger partial charge in [-0.15, -0.1) is 0 Å². The first-order valence-corrected chi connectivity index (χ1v) is 5.92. The highest BCUT2D eigenvalue weighted by Gasteiger charge is 2.21. The number of fused-ring (bicyclic) bond motifs is 1. The van der Waals surface area contributed by atoms with Gasteiger partial charge in [0.2, 0.25) is 0 Å². The molecule has 5 heteroatoms. The molecule has 1 aliphatic rings. The molecule has 1 aromatic heterocycles. The van der Waals surface area contributed by atoms with Crippen LogP contribution in [0.3, 0.4) is 0 Å². The fourth-order valence-corrected chi connectivity index (χ4v) is 2.24. The molecule has 0 amide bonds. The van der Waals surface area contributed by atoms with Crippen molar-refractivity contribution in [2.45, 2.75) is 12.3 Å². The van der Waals surface area contributed by atoms with Crippen molar-refractivity contribution in [1.82, 2.24) is 9.97 Å². The van der Waals surface area contributed by atoms with Gasteiger partial charge in [-0.25, -0.2) is 9.97 Å². The zero-order valence-corrected chi connectivity index (χ0v) is 9.94. The summed E-state index contributed by atoms with van der Waals surface area (Å²) in [6.45, 7) is 1.45. The van der Waals surface area contributed by atoms with Crippen molar-refractivity contribution in [2.24, 2.45) is 0 Å². The Bertz CT molecular complexity index is 567. The SMILES string of the molecule is Nc1nc(C2CCOC2)nc2ccc(Cl)cc12.